The number of rotatable bonds is 5. The number of hydrogen-bond donors (Lipinski definition) is 2. The van der Waals surface area contributed by atoms with E-state index in [1.165, 1.54) is 0 Å². The van der Waals surface area contributed by atoms with E-state index in [4.69, 9.17) is 9.57 Å². The summed E-state index contributed by atoms with van der Waals surface area (Å²) < 4.78 is 5.15. The van der Waals surface area contributed by atoms with Gasteiger partial charge in [0.2, 0.25) is 0 Å². The number of methoxy groups -OCH3 is 1. The molecule has 27 heavy (non-hydrogen) atoms. The lowest BCUT2D eigenvalue weighted by atomic mass is 9.91. The predicted octanol–water partition coefficient (Wildman–Crippen LogP) is 1.94. The Hall–Kier alpha value is -2.77. The molecular weight excluding hydrogens is 350 g/mol. The van der Waals surface area contributed by atoms with Crippen molar-refractivity contribution in [2.75, 3.05) is 26.7 Å². The molecule has 8 heteroatoms. The van der Waals surface area contributed by atoms with Crippen molar-refractivity contribution < 1.29 is 24.3 Å². The summed E-state index contributed by atoms with van der Waals surface area (Å²) in [7, 11) is 1.62. The third kappa shape index (κ3) is 4.69. The lowest BCUT2D eigenvalue weighted by Crippen LogP contribution is -2.50. The van der Waals surface area contributed by atoms with E-state index in [9.17, 15) is 14.7 Å². The fourth-order valence-corrected chi connectivity index (χ4v) is 3.50. The van der Waals surface area contributed by atoms with E-state index in [0.29, 0.717) is 25.9 Å². The number of benzene rings is 1. The summed E-state index contributed by atoms with van der Waals surface area (Å²) in [6, 6.07) is 7.31. The average Bonchev–Trinajstić information content (AvgIpc) is 3.14. The molecule has 0 radical (unpaired) electrons. The zero-order chi connectivity index (χ0) is 19.4. The summed E-state index contributed by atoms with van der Waals surface area (Å²) in [6.07, 6.45) is 0.966. The largest absolute Gasteiger partial charge is 0.497 e. The lowest BCUT2D eigenvalue weighted by Gasteiger charge is -2.34. The van der Waals surface area contributed by atoms with E-state index in [0.717, 1.165) is 17.0 Å². The summed E-state index contributed by atoms with van der Waals surface area (Å²) in [5.41, 5.74) is 1.79. The molecule has 3 rings (SSSR count). The number of hydrogen-bond acceptors (Lipinski definition) is 5. The summed E-state index contributed by atoms with van der Waals surface area (Å²) >= 11 is 0. The van der Waals surface area contributed by atoms with Gasteiger partial charge in [-0.1, -0.05) is 12.1 Å². The highest BCUT2D eigenvalue weighted by atomic mass is 16.6. The first kappa shape index (κ1) is 19.0. The summed E-state index contributed by atoms with van der Waals surface area (Å²) in [5, 5.41) is 16.2. The smallest absolute Gasteiger partial charge is 0.317 e. The Labute approximate surface area is 158 Å². The number of urea groups is 1. The van der Waals surface area contributed by atoms with Gasteiger partial charge in [0.1, 0.15) is 5.75 Å². The molecule has 2 heterocycles. The minimum atomic E-state index is -0.851. The summed E-state index contributed by atoms with van der Waals surface area (Å²) in [6.45, 7) is 3.09. The molecular formula is C19H25N3O5. The number of nitrogens with zero attached hydrogens (tertiary/aromatic N) is 2. The van der Waals surface area contributed by atoms with Gasteiger partial charge < -0.3 is 24.9 Å². The Morgan fingerprint density at radius 1 is 1.33 bits per heavy atom. The van der Waals surface area contributed by atoms with E-state index < -0.39 is 11.9 Å². The van der Waals surface area contributed by atoms with Crippen LogP contribution in [-0.2, 0) is 9.63 Å². The van der Waals surface area contributed by atoms with Crippen LogP contribution in [0.4, 0.5) is 4.79 Å². The third-order valence-electron chi connectivity index (χ3n) is 4.93. The number of piperidine rings is 1. The van der Waals surface area contributed by atoms with Gasteiger partial charge in [-0.25, -0.2) is 4.79 Å². The summed E-state index contributed by atoms with van der Waals surface area (Å²) in [4.78, 5) is 30.7. The number of aliphatic carboxylic acids is 1. The average molecular weight is 375 g/mol. The van der Waals surface area contributed by atoms with Crippen molar-refractivity contribution in [3.8, 4) is 5.75 Å². The maximum atomic E-state index is 12.4. The molecule has 3 unspecified atom stereocenters. The topological polar surface area (TPSA) is 100 Å². The molecule has 3 atom stereocenters. The molecule has 0 aliphatic carbocycles. The quantitative estimate of drug-likeness (QED) is 0.819. The van der Waals surface area contributed by atoms with Crippen molar-refractivity contribution in [2.24, 2.45) is 17.0 Å². The molecule has 1 aromatic rings. The van der Waals surface area contributed by atoms with Gasteiger partial charge in [0, 0.05) is 19.5 Å². The second kappa shape index (κ2) is 8.28. The van der Waals surface area contributed by atoms with Crippen molar-refractivity contribution in [3.63, 3.8) is 0 Å². The van der Waals surface area contributed by atoms with Crippen LogP contribution < -0.4 is 10.1 Å². The van der Waals surface area contributed by atoms with Gasteiger partial charge in [0.15, 0.2) is 6.10 Å². The minimum absolute atomic E-state index is 0.165. The van der Waals surface area contributed by atoms with Crippen LogP contribution in [-0.4, -0.2) is 60.6 Å². The molecule has 1 fully saturated rings. The van der Waals surface area contributed by atoms with Crippen molar-refractivity contribution in [1.29, 1.82) is 0 Å². The normalized spacial score (nSPS) is 24.7. The van der Waals surface area contributed by atoms with E-state index in [2.05, 4.69) is 10.5 Å². The predicted molar refractivity (Wildman–Crippen MR) is 98.9 cm³/mol. The van der Waals surface area contributed by atoms with Crippen LogP contribution in [0.1, 0.15) is 25.3 Å². The Morgan fingerprint density at radius 2 is 2.07 bits per heavy atom. The molecule has 2 amide bonds. The number of carboxylic acids is 1. The second-order valence-corrected chi connectivity index (χ2v) is 7.17. The molecule has 0 bridgehead atoms. The molecule has 146 valence electrons. The van der Waals surface area contributed by atoms with E-state index in [1.54, 1.807) is 12.0 Å². The molecule has 0 aromatic heterocycles. The fraction of sp³-hybridized carbons (Fsp3) is 0.526. The number of amides is 2. The minimum Gasteiger partial charge on any atom is -0.497 e. The van der Waals surface area contributed by atoms with Crippen LogP contribution in [0.25, 0.3) is 0 Å². The van der Waals surface area contributed by atoms with Gasteiger partial charge in [-0.05, 0) is 42.2 Å². The van der Waals surface area contributed by atoms with Crippen LogP contribution in [0, 0.1) is 11.8 Å². The van der Waals surface area contributed by atoms with Gasteiger partial charge >= 0.3 is 12.0 Å². The molecule has 2 N–H and O–H groups in total. The Balaban J connectivity index is 1.48. The molecule has 1 saturated heterocycles. The van der Waals surface area contributed by atoms with Crippen LogP contribution >= 0.6 is 0 Å². The van der Waals surface area contributed by atoms with Gasteiger partial charge in [0.05, 0.1) is 25.3 Å². The Morgan fingerprint density at radius 3 is 2.74 bits per heavy atom. The highest BCUT2D eigenvalue weighted by Gasteiger charge is 2.32. The van der Waals surface area contributed by atoms with Gasteiger partial charge in [-0.2, -0.15) is 0 Å². The lowest BCUT2D eigenvalue weighted by molar-refractivity contribution is -0.143. The van der Waals surface area contributed by atoms with E-state index in [-0.39, 0.29) is 24.6 Å². The van der Waals surface area contributed by atoms with Crippen molar-refractivity contribution in [1.82, 2.24) is 10.2 Å². The second-order valence-electron chi connectivity index (χ2n) is 7.17. The molecule has 8 nitrogen and oxygen atoms in total. The maximum absolute atomic E-state index is 12.4. The molecule has 0 spiro atoms. The van der Waals surface area contributed by atoms with Gasteiger partial charge in [-0.3, -0.25) is 4.79 Å². The number of carboxylic acid groups (broad SMARTS) is 1. The van der Waals surface area contributed by atoms with E-state index >= 15 is 0 Å². The maximum Gasteiger partial charge on any atom is 0.317 e. The summed E-state index contributed by atoms with van der Waals surface area (Å²) in [5.74, 6) is -0.418. The standard InChI is InChI=1S/C19H25N3O5/c1-12-7-14(18(23)24)11-22(10-12)19(25)20-9-16-8-17(21-27-16)13-3-5-15(26-2)6-4-13/h3-6,12,14,16H,7-11H2,1-2H3,(H,20,25)(H,23,24). The van der Waals surface area contributed by atoms with Crippen LogP contribution in [0.2, 0.25) is 0 Å². The van der Waals surface area contributed by atoms with Crippen LogP contribution in [0.5, 0.6) is 5.75 Å². The van der Waals surface area contributed by atoms with Crippen molar-refractivity contribution in [3.05, 3.63) is 29.8 Å². The Kier molecular flexibility index (Phi) is 5.83. The van der Waals surface area contributed by atoms with Crippen LogP contribution in [0.3, 0.4) is 0 Å². The zero-order valence-corrected chi connectivity index (χ0v) is 15.6. The first-order valence-corrected chi connectivity index (χ1v) is 9.09. The van der Waals surface area contributed by atoms with Crippen molar-refractivity contribution in [2.45, 2.75) is 25.9 Å². The third-order valence-corrected chi connectivity index (χ3v) is 4.93. The number of oxime groups is 1. The van der Waals surface area contributed by atoms with E-state index in [1.807, 2.05) is 31.2 Å². The molecule has 2 aliphatic rings. The molecule has 1 aromatic carbocycles. The fourth-order valence-electron chi connectivity index (χ4n) is 3.50. The highest BCUT2D eigenvalue weighted by Crippen LogP contribution is 2.22. The zero-order valence-electron chi connectivity index (χ0n) is 15.6. The first-order chi connectivity index (χ1) is 13.0. The van der Waals surface area contributed by atoms with Gasteiger partial charge in [0.25, 0.3) is 0 Å². The SMILES string of the molecule is COc1ccc(C2=NOC(CNC(=O)N3CC(C)CC(C(=O)O)C3)C2)cc1. The number of carbonyl (C=O) groups is 2. The van der Waals surface area contributed by atoms with Crippen molar-refractivity contribution >= 4 is 17.7 Å². The van der Waals surface area contributed by atoms with Crippen LogP contribution in [0.15, 0.2) is 29.4 Å². The molecule has 0 saturated carbocycles. The number of likely N-dealkylation sites (tertiary alicyclic amines) is 1. The number of ether oxygens (including phenoxy) is 1. The first-order valence-electron chi connectivity index (χ1n) is 9.09. The number of carbonyl (C=O) groups excluding carboxylic acids is 1. The monoisotopic (exact) mass is 375 g/mol. The highest BCUT2D eigenvalue weighted by molar-refractivity contribution is 6.01. The Bertz CT molecular complexity index is 719. The number of nitrogens with one attached hydrogen (secondary N) is 1. The van der Waals surface area contributed by atoms with Gasteiger partial charge in [-0.15, -0.1) is 0 Å². The molecule has 2 aliphatic heterocycles.